The molecule has 0 saturated heterocycles. The largest absolute Gasteiger partial charge is 0.508 e. The van der Waals surface area contributed by atoms with Crippen LogP contribution in [0.25, 0.3) is 0 Å². The second kappa shape index (κ2) is 8.28. The van der Waals surface area contributed by atoms with Crippen LogP contribution in [0.2, 0.25) is 0 Å². The number of hydrogen-bond donors (Lipinski definition) is 1. The minimum Gasteiger partial charge on any atom is -0.508 e. The SMILES string of the molecule is Oc1cc2c(cc1C1CN(CCCOCc3ccccc3)c3ccccc31)OCO2. The van der Waals surface area contributed by atoms with Gasteiger partial charge in [0.2, 0.25) is 6.79 Å². The third-order valence-corrected chi connectivity index (χ3v) is 5.78. The standard InChI is InChI=1S/C25H25NO4/c27-23-14-25-24(29-17-30-25)13-20(23)21-15-26(22-10-5-4-9-19(21)22)11-6-12-28-16-18-7-2-1-3-8-18/h1-5,7-10,13-14,21,27H,6,11-12,15-17H2. The molecule has 0 fully saturated rings. The Labute approximate surface area is 176 Å². The molecule has 3 aromatic carbocycles. The van der Waals surface area contributed by atoms with Crippen molar-refractivity contribution in [2.75, 3.05) is 31.4 Å². The highest BCUT2D eigenvalue weighted by molar-refractivity contribution is 5.65. The topological polar surface area (TPSA) is 51.2 Å². The van der Waals surface area contributed by atoms with E-state index < -0.39 is 0 Å². The zero-order valence-electron chi connectivity index (χ0n) is 16.8. The van der Waals surface area contributed by atoms with Crippen molar-refractivity contribution >= 4 is 5.69 Å². The van der Waals surface area contributed by atoms with Gasteiger partial charge in [-0.1, -0.05) is 48.5 Å². The molecule has 1 N–H and O–H groups in total. The van der Waals surface area contributed by atoms with Gasteiger partial charge in [0.1, 0.15) is 5.75 Å². The van der Waals surface area contributed by atoms with Gasteiger partial charge in [0, 0.05) is 42.9 Å². The van der Waals surface area contributed by atoms with Gasteiger partial charge in [-0.15, -0.1) is 0 Å². The molecule has 5 heteroatoms. The first-order valence-electron chi connectivity index (χ1n) is 10.4. The van der Waals surface area contributed by atoms with E-state index in [1.807, 2.05) is 24.3 Å². The molecule has 2 aliphatic rings. The minimum atomic E-state index is 0.0981. The van der Waals surface area contributed by atoms with E-state index in [4.69, 9.17) is 14.2 Å². The van der Waals surface area contributed by atoms with Gasteiger partial charge < -0.3 is 24.2 Å². The number of ether oxygens (including phenoxy) is 3. The molecule has 0 amide bonds. The molecule has 2 heterocycles. The van der Waals surface area contributed by atoms with Crippen LogP contribution >= 0.6 is 0 Å². The van der Waals surface area contributed by atoms with Gasteiger partial charge >= 0.3 is 0 Å². The third kappa shape index (κ3) is 3.68. The van der Waals surface area contributed by atoms with Crippen LogP contribution in [0.5, 0.6) is 17.2 Å². The van der Waals surface area contributed by atoms with Crippen LogP contribution in [-0.4, -0.2) is 31.6 Å². The summed E-state index contributed by atoms with van der Waals surface area (Å²) in [4.78, 5) is 2.38. The molecule has 5 nitrogen and oxygen atoms in total. The van der Waals surface area contributed by atoms with E-state index >= 15 is 0 Å². The van der Waals surface area contributed by atoms with Crippen molar-refractivity contribution < 1.29 is 19.3 Å². The summed E-state index contributed by atoms with van der Waals surface area (Å²) in [6, 6.07) is 22.3. The molecule has 0 bridgehead atoms. The van der Waals surface area contributed by atoms with Gasteiger partial charge in [-0.3, -0.25) is 0 Å². The molecule has 0 radical (unpaired) electrons. The number of fused-ring (bicyclic) bond motifs is 2. The fraction of sp³-hybridized carbons (Fsp3) is 0.280. The van der Waals surface area contributed by atoms with Gasteiger partial charge in [-0.2, -0.15) is 0 Å². The summed E-state index contributed by atoms with van der Waals surface area (Å²) in [6.45, 7) is 3.30. The Morgan fingerprint density at radius 3 is 2.57 bits per heavy atom. The van der Waals surface area contributed by atoms with Gasteiger partial charge in [-0.25, -0.2) is 0 Å². The number of nitrogens with zero attached hydrogens (tertiary/aromatic N) is 1. The maximum Gasteiger partial charge on any atom is 0.231 e. The van der Waals surface area contributed by atoms with Crippen molar-refractivity contribution in [3.63, 3.8) is 0 Å². The molecule has 30 heavy (non-hydrogen) atoms. The van der Waals surface area contributed by atoms with Crippen molar-refractivity contribution in [3.05, 3.63) is 83.4 Å². The summed E-state index contributed by atoms with van der Waals surface area (Å²) < 4.78 is 16.8. The van der Waals surface area contributed by atoms with Crippen LogP contribution in [-0.2, 0) is 11.3 Å². The summed E-state index contributed by atoms with van der Waals surface area (Å²) in [5.74, 6) is 1.66. The van der Waals surface area contributed by atoms with Gasteiger partial charge in [0.05, 0.1) is 6.61 Å². The van der Waals surface area contributed by atoms with Crippen molar-refractivity contribution in [2.45, 2.75) is 18.9 Å². The summed E-state index contributed by atoms with van der Waals surface area (Å²) >= 11 is 0. The smallest absolute Gasteiger partial charge is 0.231 e. The van der Waals surface area contributed by atoms with E-state index in [9.17, 15) is 5.11 Å². The number of para-hydroxylation sites is 1. The number of rotatable bonds is 7. The van der Waals surface area contributed by atoms with Crippen molar-refractivity contribution in [3.8, 4) is 17.2 Å². The Morgan fingerprint density at radius 1 is 0.933 bits per heavy atom. The van der Waals surface area contributed by atoms with Crippen LogP contribution in [0.4, 0.5) is 5.69 Å². The van der Waals surface area contributed by atoms with Gasteiger partial charge in [0.15, 0.2) is 11.5 Å². The first kappa shape index (κ1) is 18.8. The highest BCUT2D eigenvalue weighted by Crippen LogP contribution is 2.46. The van der Waals surface area contributed by atoms with E-state index in [2.05, 4.69) is 41.3 Å². The second-order valence-electron chi connectivity index (χ2n) is 7.71. The molecule has 2 aliphatic heterocycles. The fourth-order valence-electron chi connectivity index (χ4n) is 4.31. The van der Waals surface area contributed by atoms with Crippen LogP contribution in [0.1, 0.15) is 29.0 Å². The third-order valence-electron chi connectivity index (χ3n) is 5.78. The summed E-state index contributed by atoms with van der Waals surface area (Å²) in [6.07, 6.45) is 0.945. The molecular formula is C25H25NO4. The lowest BCUT2D eigenvalue weighted by Crippen LogP contribution is -2.24. The van der Waals surface area contributed by atoms with Crippen LogP contribution in [0.3, 0.4) is 0 Å². The van der Waals surface area contributed by atoms with E-state index in [1.54, 1.807) is 6.07 Å². The van der Waals surface area contributed by atoms with E-state index in [-0.39, 0.29) is 18.5 Å². The normalized spacial score (nSPS) is 16.7. The second-order valence-corrected chi connectivity index (χ2v) is 7.71. The van der Waals surface area contributed by atoms with Crippen LogP contribution < -0.4 is 14.4 Å². The number of phenolic OH excluding ortho intramolecular Hbond substituents is 1. The predicted molar refractivity (Wildman–Crippen MR) is 115 cm³/mol. The van der Waals surface area contributed by atoms with Gasteiger partial charge in [-0.05, 0) is 29.7 Å². The minimum absolute atomic E-state index is 0.0981. The number of benzene rings is 3. The molecule has 0 saturated carbocycles. The van der Waals surface area contributed by atoms with E-state index in [1.165, 1.54) is 16.8 Å². The summed E-state index contributed by atoms with van der Waals surface area (Å²) in [7, 11) is 0. The molecule has 154 valence electrons. The lowest BCUT2D eigenvalue weighted by molar-refractivity contribution is 0.119. The average molecular weight is 403 g/mol. The van der Waals surface area contributed by atoms with Crippen molar-refractivity contribution in [2.24, 2.45) is 0 Å². The molecule has 0 aromatic heterocycles. The number of phenols is 1. The molecule has 1 unspecified atom stereocenters. The molecule has 0 spiro atoms. The molecule has 0 aliphatic carbocycles. The summed E-state index contributed by atoms with van der Waals surface area (Å²) in [5, 5.41) is 10.6. The highest BCUT2D eigenvalue weighted by Gasteiger charge is 2.32. The highest BCUT2D eigenvalue weighted by atomic mass is 16.7. The fourth-order valence-corrected chi connectivity index (χ4v) is 4.31. The van der Waals surface area contributed by atoms with Crippen LogP contribution in [0, 0.1) is 0 Å². The van der Waals surface area contributed by atoms with E-state index in [0.717, 1.165) is 25.1 Å². The lowest BCUT2D eigenvalue weighted by atomic mass is 9.92. The lowest BCUT2D eigenvalue weighted by Gasteiger charge is -2.20. The molecule has 1 atom stereocenters. The number of aromatic hydroxyl groups is 1. The zero-order valence-corrected chi connectivity index (χ0v) is 16.8. The predicted octanol–water partition coefficient (Wildman–Crippen LogP) is 4.68. The quantitative estimate of drug-likeness (QED) is 0.581. The molecular weight excluding hydrogens is 378 g/mol. The Balaban J connectivity index is 1.26. The Hall–Kier alpha value is -3.18. The maximum atomic E-state index is 10.6. The van der Waals surface area contributed by atoms with Crippen molar-refractivity contribution in [1.29, 1.82) is 0 Å². The summed E-state index contributed by atoms with van der Waals surface area (Å²) in [5.41, 5.74) is 4.54. The zero-order chi connectivity index (χ0) is 20.3. The molecule has 5 rings (SSSR count). The first-order chi connectivity index (χ1) is 14.8. The average Bonchev–Trinajstić information content (AvgIpc) is 3.38. The number of hydrogen-bond acceptors (Lipinski definition) is 5. The maximum absolute atomic E-state index is 10.6. The van der Waals surface area contributed by atoms with Crippen LogP contribution in [0.15, 0.2) is 66.7 Å². The molecule has 3 aromatic rings. The Morgan fingerprint density at radius 2 is 1.70 bits per heavy atom. The van der Waals surface area contributed by atoms with E-state index in [0.29, 0.717) is 24.7 Å². The van der Waals surface area contributed by atoms with Gasteiger partial charge in [0.25, 0.3) is 0 Å². The first-order valence-corrected chi connectivity index (χ1v) is 10.4. The Bertz CT molecular complexity index is 1020. The van der Waals surface area contributed by atoms with Crippen molar-refractivity contribution in [1.82, 2.24) is 0 Å². The Kier molecular flexibility index (Phi) is 5.20. The number of anilines is 1. The monoisotopic (exact) mass is 403 g/mol.